The van der Waals surface area contributed by atoms with E-state index in [0.717, 1.165) is 0 Å². The number of aliphatic carboxylic acids is 1. The summed E-state index contributed by atoms with van der Waals surface area (Å²) in [5.74, 6) is -0.287. The van der Waals surface area contributed by atoms with Crippen molar-refractivity contribution in [2.24, 2.45) is 7.05 Å². The molecule has 0 saturated carbocycles. The molecule has 2 N–H and O–H groups in total. The smallest absolute Gasteiger partial charge is 0.318 e. The van der Waals surface area contributed by atoms with Crippen LogP contribution in [0.2, 0.25) is 0 Å². The fourth-order valence-corrected chi connectivity index (χ4v) is 2.04. The van der Waals surface area contributed by atoms with Gasteiger partial charge in [-0.3, -0.25) is 4.79 Å². The third-order valence-electron chi connectivity index (χ3n) is 3.08. The Morgan fingerprint density at radius 1 is 1.50 bits per heavy atom. The Balaban J connectivity index is 2.68. The maximum absolute atomic E-state index is 12.2. The first kappa shape index (κ1) is 15.9. The molecule has 1 aromatic heterocycles. The molecule has 1 heterocycles. The summed E-state index contributed by atoms with van der Waals surface area (Å²) < 4.78 is 1.72. The lowest BCUT2D eigenvalue weighted by molar-refractivity contribution is -0.138. The highest BCUT2D eigenvalue weighted by molar-refractivity contribution is 5.76. The molecule has 2 atom stereocenters. The molecule has 112 valence electrons. The van der Waals surface area contributed by atoms with Crippen molar-refractivity contribution in [3.05, 3.63) is 12.2 Å². The summed E-state index contributed by atoms with van der Waals surface area (Å²) >= 11 is 0. The van der Waals surface area contributed by atoms with Gasteiger partial charge in [-0.1, -0.05) is 0 Å². The van der Waals surface area contributed by atoms with Gasteiger partial charge in [0.05, 0.1) is 12.5 Å². The van der Waals surface area contributed by atoms with Crippen LogP contribution in [0.3, 0.4) is 0 Å². The average molecular weight is 283 g/mol. The molecule has 1 rings (SSSR count). The van der Waals surface area contributed by atoms with Crippen molar-refractivity contribution in [2.75, 3.05) is 6.54 Å². The number of aromatic nitrogens is 3. The monoisotopic (exact) mass is 283 g/mol. The number of aryl methyl sites for hydroxylation is 1. The largest absolute Gasteiger partial charge is 0.481 e. The van der Waals surface area contributed by atoms with Crippen molar-refractivity contribution in [3.8, 4) is 0 Å². The van der Waals surface area contributed by atoms with E-state index in [0.29, 0.717) is 12.4 Å². The Labute approximate surface area is 117 Å². The van der Waals surface area contributed by atoms with Crippen LogP contribution in [0.5, 0.6) is 0 Å². The first-order valence-corrected chi connectivity index (χ1v) is 6.49. The fraction of sp³-hybridized carbons (Fsp3) is 0.667. The van der Waals surface area contributed by atoms with Crippen molar-refractivity contribution in [2.45, 2.75) is 39.3 Å². The molecular formula is C12H21N5O3. The molecule has 0 aliphatic rings. The second-order valence-corrected chi connectivity index (χ2v) is 4.70. The second-order valence-electron chi connectivity index (χ2n) is 4.70. The molecule has 20 heavy (non-hydrogen) atoms. The zero-order chi connectivity index (χ0) is 15.3. The summed E-state index contributed by atoms with van der Waals surface area (Å²) in [6, 6.07) is -0.984. The number of carboxylic acids is 1. The fourth-order valence-electron chi connectivity index (χ4n) is 2.04. The number of urea groups is 1. The molecule has 2 amide bonds. The standard InChI is InChI=1S/C12H21N5O3/c1-5-17(8(2)6-10(18)19)12(20)14-9(3)11-15-13-7-16(11)4/h7-9H,5-6H2,1-4H3,(H,14,20)(H,18,19). The molecule has 0 radical (unpaired) electrons. The van der Waals surface area contributed by atoms with Crippen molar-refractivity contribution in [1.29, 1.82) is 0 Å². The van der Waals surface area contributed by atoms with E-state index < -0.39 is 5.97 Å². The Hall–Kier alpha value is -2.12. The summed E-state index contributed by atoms with van der Waals surface area (Å²) in [7, 11) is 1.79. The molecule has 2 unspecified atom stereocenters. The van der Waals surface area contributed by atoms with E-state index in [2.05, 4.69) is 15.5 Å². The number of carboxylic acid groups (broad SMARTS) is 1. The predicted octanol–water partition coefficient (Wildman–Crippen LogP) is 0.771. The van der Waals surface area contributed by atoms with E-state index in [1.165, 1.54) is 4.90 Å². The molecule has 0 aliphatic heterocycles. The van der Waals surface area contributed by atoms with Gasteiger partial charge in [-0.2, -0.15) is 0 Å². The maximum atomic E-state index is 12.2. The minimum Gasteiger partial charge on any atom is -0.481 e. The van der Waals surface area contributed by atoms with Crippen molar-refractivity contribution in [1.82, 2.24) is 25.0 Å². The summed E-state index contributed by atoms with van der Waals surface area (Å²) in [6.45, 7) is 5.76. The van der Waals surface area contributed by atoms with Crippen LogP contribution in [-0.4, -0.2) is 49.4 Å². The van der Waals surface area contributed by atoms with Crippen LogP contribution < -0.4 is 5.32 Å². The zero-order valence-electron chi connectivity index (χ0n) is 12.2. The number of hydrogen-bond donors (Lipinski definition) is 2. The van der Waals surface area contributed by atoms with E-state index in [9.17, 15) is 9.59 Å². The maximum Gasteiger partial charge on any atom is 0.318 e. The van der Waals surface area contributed by atoms with Gasteiger partial charge in [-0.05, 0) is 20.8 Å². The van der Waals surface area contributed by atoms with E-state index in [4.69, 9.17) is 5.11 Å². The van der Waals surface area contributed by atoms with Gasteiger partial charge in [0.2, 0.25) is 0 Å². The van der Waals surface area contributed by atoms with Crippen LogP contribution in [0.1, 0.15) is 39.1 Å². The first-order chi connectivity index (χ1) is 9.36. The topological polar surface area (TPSA) is 100 Å². The van der Waals surface area contributed by atoms with Gasteiger partial charge in [-0.15, -0.1) is 10.2 Å². The molecule has 0 spiro atoms. The lowest BCUT2D eigenvalue weighted by atomic mass is 10.2. The number of carbonyl (C=O) groups excluding carboxylic acids is 1. The minimum atomic E-state index is -0.926. The van der Waals surface area contributed by atoms with Gasteiger partial charge in [0.1, 0.15) is 6.33 Å². The van der Waals surface area contributed by atoms with E-state index >= 15 is 0 Å². The predicted molar refractivity (Wildman–Crippen MR) is 72.0 cm³/mol. The van der Waals surface area contributed by atoms with Gasteiger partial charge in [0, 0.05) is 19.6 Å². The normalized spacial score (nSPS) is 13.6. The number of amides is 2. The first-order valence-electron chi connectivity index (χ1n) is 6.49. The van der Waals surface area contributed by atoms with Gasteiger partial charge in [-0.25, -0.2) is 4.79 Å². The lowest BCUT2D eigenvalue weighted by Crippen LogP contribution is -2.46. The van der Waals surface area contributed by atoms with Gasteiger partial charge < -0.3 is 19.9 Å². The van der Waals surface area contributed by atoms with E-state index in [-0.39, 0.29) is 24.5 Å². The van der Waals surface area contributed by atoms with Crippen LogP contribution in [0.15, 0.2) is 6.33 Å². The zero-order valence-corrected chi connectivity index (χ0v) is 12.2. The number of hydrogen-bond acceptors (Lipinski definition) is 4. The summed E-state index contributed by atoms with van der Waals surface area (Å²) in [5.41, 5.74) is 0. The quantitative estimate of drug-likeness (QED) is 0.803. The van der Waals surface area contributed by atoms with E-state index in [1.54, 1.807) is 31.8 Å². The van der Waals surface area contributed by atoms with Crippen LogP contribution in [0.4, 0.5) is 4.79 Å². The molecule has 0 aromatic carbocycles. The summed E-state index contributed by atoms with van der Waals surface area (Å²) in [5, 5.41) is 19.3. The van der Waals surface area contributed by atoms with Crippen molar-refractivity contribution < 1.29 is 14.7 Å². The number of nitrogens with one attached hydrogen (secondary N) is 1. The number of rotatable bonds is 6. The highest BCUT2D eigenvalue weighted by Crippen LogP contribution is 2.10. The summed E-state index contributed by atoms with van der Waals surface area (Å²) in [4.78, 5) is 24.4. The number of carbonyl (C=O) groups is 2. The molecule has 8 nitrogen and oxygen atoms in total. The molecule has 0 aliphatic carbocycles. The highest BCUT2D eigenvalue weighted by Gasteiger charge is 2.23. The molecule has 1 aromatic rings. The van der Waals surface area contributed by atoms with Crippen LogP contribution in [0, 0.1) is 0 Å². The van der Waals surface area contributed by atoms with Crippen LogP contribution in [-0.2, 0) is 11.8 Å². The van der Waals surface area contributed by atoms with Crippen LogP contribution in [0.25, 0.3) is 0 Å². The molecular weight excluding hydrogens is 262 g/mol. The van der Waals surface area contributed by atoms with Gasteiger partial charge in [0.15, 0.2) is 5.82 Å². The third kappa shape index (κ3) is 3.94. The Morgan fingerprint density at radius 3 is 2.60 bits per heavy atom. The average Bonchev–Trinajstić information content (AvgIpc) is 2.75. The highest BCUT2D eigenvalue weighted by atomic mass is 16.4. The van der Waals surface area contributed by atoms with Crippen molar-refractivity contribution >= 4 is 12.0 Å². The number of nitrogens with zero attached hydrogens (tertiary/aromatic N) is 4. The van der Waals surface area contributed by atoms with Gasteiger partial charge >= 0.3 is 12.0 Å². The SMILES string of the molecule is CCN(C(=O)NC(C)c1nncn1C)C(C)CC(=O)O. The Kier molecular flexibility index (Phi) is 5.48. The summed E-state index contributed by atoms with van der Waals surface area (Å²) in [6.07, 6.45) is 1.47. The Morgan fingerprint density at radius 2 is 2.15 bits per heavy atom. The van der Waals surface area contributed by atoms with E-state index in [1.807, 2.05) is 6.92 Å². The minimum absolute atomic E-state index is 0.0837. The lowest BCUT2D eigenvalue weighted by Gasteiger charge is -2.28. The third-order valence-corrected chi connectivity index (χ3v) is 3.08. The van der Waals surface area contributed by atoms with Crippen molar-refractivity contribution in [3.63, 3.8) is 0 Å². The molecule has 0 bridgehead atoms. The molecule has 0 saturated heterocycles. The Bertz CT molecular complexity index is 473. The second kappa shape index (κ2) is 6.88. The van der Waals surface area contributed by atoms with Crippen LogP contribution >= 0.6 is 0 Å². The van der Waals surface area contributed by atoms with Gasteiger partial charge in [0.25, 0.3) is 0 Å². The molecule has 8 heteroatoms. The molecule has 0 fully saturated rings.